The first-order valence-electron chi connectivity index (χ1n) is 8.63. The monoisotopic (exact) mass is 374 g/mol. The Morgan fingerprint density at radius 1 is 1.15 bits per heavy atom. The molecule has 1 aliphatic rings. The smallest absolute Gasteiger partial charge is 0.274 e. The largest absolute Gasteiger partial charge is 0.369 e. The van der Waals surface area contributed by atoms with Gasteiger partial charge in [0.15, 0.2) is 0 Å². The zero-order valence-corrected chi connectivity index (χ0v) is 15.8. The van der Waals surface area contributed by atoms with Gasteiger partial charge in [-0.1, -0.05) is 17.7 Å². The van der Waals surface area contributed by atoms with Crippen LogP contribution in [0.25, 0.3) is 0 Å². The van der Waals surface area contributed by atoms with Crippen molar-refractivity contribution >= 4 is 29.1 Å². The molecule has 138 valence electrons. The Morgan fingerprint density at radius 3 is 2.54 bits per heavy atom. The van der Waals surface area contributed by atoms with E-state index in [1.165, 1.54) is 5.56 Å². The number of anilines is 1. The van der Waals surface area contributed by atoms with Crippen LogP contribution in [0.5, 0.6) is 0 Å². The van der Waals surface area contributed by atoms with Crippen molar-refractivity contribution in [2.24, 2.45) is 7.05 Å². The van der Waals surface area contributed by atoms with Crippen LogP contribution in [-0.4, -0.2) is 54.0 Å². The first-order chi connectivity index (χ1) is 12.4. The van der Waals surface area contributed by atoms with Gasteiger partial charge in [-0.15, -0.1) is 0 Å². The fraction of sp³-hybridized carbons (Fsp3) is 0.368. The predicted molar refractivity (Wildman–Crippen MR) is 103 cm³/mol. The lowest BCUT2D eigenvalue weighted by molar-refractivity contribution is -0.121. The second kappa shape index (κ2) is 7.93. The first kappa shape index (κ1) is 18.5. The third kappa shape index (κ3) is 4.26. The van der Waals surface area contributed by atoms with Crippen LogP contribution in [0, 0.1) is 6.92 Å². The molecule has 1 aliphatic heterocycles. The number of halogens is 1. The standard InChI is InChI=1S/C19H23ClN4O2/c1-14-5-6-15(20)12-17(14)24-10-8-23(9-11-24)13-18(25)21-19(26)16-4-3-7-22(16)2/h3-7,12H,8-11,13H2,1-2H3,(H,21,25,26). The van der Waals surface area contributed by atoms with Gasteiger partial charge >= 0.3 is 0 Å². The number of imide groups is 1. The molecule has 1 aromatic carbocycles. The summed E-state index contributed by atoms with van der Waals surface area (Å²) in [6, 6.07) is 9.36. The van der Waals surface area contributed by atoms with E-state index in [-0.39, 0.29) is 18.4 Å². The molecule has 7 heteroatoms. The van der Waals surface area contributed by atoms with Gasteiger partial charge in [-0.2, -0.15) is 0 Å². The van der Waals surface area contributed by atoms with Crippen molar-refractivity contribution in [3.8, 4) is 0 Å². The van der Waals surface area contributed by atoms with Gasteiger partial charge in [0.05, 0.1) is 6.54 Å². The molecule has 0 radical (unpaired) electrons. The highest BCUT2D eigenvalue weighted by Gasteiger charge is 2.21. The van der Waals surface area contributed by atoms with E-state index >= 15 is 0 Å². The number of carbonyl (C=O) groups excluding carboxylic acids is 2. The van der Waals surface area contributed by atoms with Crippen LogP contribution in [0.1, 0.15) is 16.1 Å². The second-order valence-electron chi connectivity index (χ2n) is 6.58. The van der Waals surface area contributed by atoms with Crippen molar-refractivity contribution in [3.05, 3.63) is 52.8 Å². The van der Waals surface area contributed by atoms with Crippen LogP contribution >= 0.6 is 11.6 Å². The average Bonchev–Trinajstić information content (AvgIpc) is 3.04. The summed E-state index contributed by atoms with van der Waals surface area (Å²) in [5.41, 5.74) is 2.80. The van der Waals surface area contributed by atoms with Crippen molar-refractivity contribution in [3.63, 3.8) is 0 Å². The summed E-state index contributed by atoms with van der Waals surface area (Å²) in [6.45, 7) is 5.45. The van der Waals surface area contributed by atoms with Gasteiger partial charge in [-0.25, -0.2) is 0 Å². The van der Waals surface area contributed by atoms with E-state index in [1.54, 1.807) is 29.9 Å². The molecule has 0 atom stereocenters. The highest BCUT2D eigenvalue weighted by molar-refractivity contribution is 6.30. The Labute approximate surface area is 158 Å². The molecule has 0 spiro atoms. The molecule has 0 saturated carbocycles. The van der Waals surface area contributed by atoms with Crippen molar-refractivity contribution in [1.29, 1.82) is 0 Å². The van der Waals surface area contributed by atoms with Gasteiger partial charge in [0.1, 0.15) is 5.69 Å². The number of carbonyl (C=O) groups is 2. The molecule has 0 unspecified atom stereocenters. The summed E-state index contributed by atoms with van der Waals surface area (Å²) in [5.74, 6) is -0.640. The van der Waals surface area contributed by atoms with E-state index in [0.29, 0.717) is 5.69 Å². The zero-order chi connectivity index (χ0) is 18.7. The van der Waals surface area contributed by atoms with E-state index in [9.17, 15) is 9.59 Å². The molecule has 2 heterocycles. The molecule has 1 saturated heterocycles. The Kier molecular flexibility index (Phi) is 5.64. The fourth-order valence-electron chi connectivity index (χ4n) is 3.20. The summed E-state index contributed by atoms with van der Waals surface area (Å²) in [5, 5.41) is 3.19. The summed E-state index contributed by atoms with van der Waals surface area (Å²) in [6.07, 6.45) is 1.77. The molecule has 26 heavy (non-hydrogen) atoms. The maximum atomic E-state index is 12.2. The van der Waals surface area contributed by atoms with Gasteiger partial charge in [0, 0.05) is 50.1 Å². The van der Waals surface area contributed by atoms with E-state index in [2.05, 4.69) is 22.0 Å². The van der Waals surface area contributed by atoms with Gasteiger partial charge in [0.25, 0.3) is 5.91 Å². The number of aryl methyl sites for hydroxylation is 2. The Morgan fingerprint density at radius 2 is 1.88 bits per heavy atom. The number of nitrogens with zero attached hydrogens (tertiary/aromatic N) is 3. The third-order valence-corrected chi connectivity index (χ3v) is 4.92. The van der Waals surface area contributed by atoms with Gasteiger partial charge in [-0.3, -0.25) is 19.8 Å². The zero-order valence-electron chi connectivity index (χ0n) is 15.0. The third-order valence-electron chi connectivity index (χ3n) is 4.68. The lowest BCUT2D eigenvalue weighted by Gasteiger charge is -2.36. The van der Waals surface area contributed by atoms with Gasteiger partial charge in [-0.05, 0) is 36.8 Å². The number of nitrogens with one attached hydrogen (secondary N) is 1. The quantitative estimate of drug-likeness (QED) is 0.890. The average molecular weight is 375 g/mol. The highest BCUT2D eigenvalue weighted by Crippen LogP contribution is 2.25. The number of amides is 2. The molecule has 1 aromatic heterocycles. The molecule has 1 fully saturated rings. The number of hydrogen-bond acceptors (Lipinski definition) is 4. The predicted octanol–water partition coefficient (Wildman–Crippen LogP) is 2.07. The maximum absolute atomic E-state index is 12.2. The first-order valence-corrected chi connectivity index (χ1v) is 9.01. The van der Waals surface area contributed by atoms with Crippen molar-refractivity contribution in [2.45, 2.75) is 6.92 Å². The number of hydrogen-bond donors (Lipinski definition) is 1. The molecule has 0 bridgehead atoms. The van der Waals surface area contributed by atoms with Crippen LogP contribution in [0.15, 0.2) is 36.5 Å². The molecule has 2 aromatic rings. The summed E-state index contributed by atoms with van der Waals surface area (Å²) < 4.78 is 1.69. The van der Waals surface area contributed by atoms with Crippen LogP contribution in [0.2, 0.25) is 5.02 Å². The minimum Gasteiger partial charge on any atom is -0.369 e. The van der Waals surface area contributed by atoms with Crippen molar-refractivity contribution in [2.75, 3.05) is 37.6 Å². The van der Waals surface area contributed by atoms with E-state index in [1.807, 2.05) is 18.2 Å². The highest BCUT2D eigenvalue weighted by atomic mass is 35.5. The van der Waals surface area contributed by atoms with E-state index < -0.39 is 0 Å². The molecule has 1 N–H and O–H groups in total. The Hall–Kier alpha value is -2.31. The Bertz CT molecular complexity index is 810. The minimum absolute atomic E-state index is 0.221. The Balaban J connectivity index is 1.51. The SMILES string of the molecule is Cc1ccc(Cl)cc1N1CCN(CC(=O)NC(=O)c2cccn2C)CC1. The normalized spacial score (nSPS) is 15.1. The summed E-state index contributed by atoms with van der Waals surface area (Å²) in [7, 11) is 1.77. The van der Waals surface area contributed by atoms with Crippen LogP contribution < -0.4 is 10.2 Å². The van der Waals surface area contributed by atoms with Crippen LogP contribution in [0.3, 0.4) is 0 Å². The van der Waals surface area contributed by atoms with Crippen molar-refractivity contribution in [1.82, 2.24) is 14.8 Å². The summed E-state index contributed by atoms with van der Waals surface area (Å²) >= 11 is 6.11. The molecular formula is C19H23ClN4O2. The van der Waals surface area contributed by atoms with Gasteiger partial charge in [0.2, 0.25) is 5.91 Å². The number of benzene rings is 1. The minimum atomic E-state index is -0.365. The molecule has 2 amide bonds. The number of rotatable bonds is 4. The second-order valence-corrected chi connectivity index (χ2v) is 7.01. The lowest BCUT2D eigenvalue weighted by Crippen LogP contribution is -2.50. The van der Waals surface area contributed by atoms with Crippen LogP contribution in [-0.2, 0) is 11.8 Å². The fourth-order valence-corrected chi connectivity index (χ4v) is 3.37. The van der Waals surface area contributed by atoms with E-state index in [0.717, 1.165) is 36.9 Å². The lowest BCUT2D eigenvalue weighted by atomic mass is 10.1. The van der Waals surface area contributed by atoms with Crippen LogP contribution in [0.4, 0.5) is 5.69 Å². The maximum Gasteiger partial charge on any atom is 0.274 e. The summed E-state index contributed by atoms with van der Waals surface area (Å²) in [4.78, 5) is 28.6. The number of aromatic nitrogens is 1. The number of piperazine rings is 1. The molecule has 6 nitrogen and oxygen atoms in total. The molecule has 3 rings (SSSR count). The molecular weight excluding hydrogens is 352 g/mol. The topological polar surface area (TPSA) is 57.6 Å². The van der Waals surface area contributed by atoms with Crippen molar-refractivity contribution < 1.29 is 9.59 Å². The van der Waals surface area contributed by atoms with E-state index in [4.69, 9.17) is 11.6 Å². The molecule has 0 aliphatic carbocycles. The van der Waals surface area contributed by atoms with Gasteiger partial charge < -0.3 is 9.47 Å².